The van der Waals surface area contributed by atoms with Crippen LogP contribution in [-0.2, 0) is 6.42 Å². The highest BCUT2D eigenvalue weighted by molar-refractivity contribution is 6.35. The van der Waals surface area contributed by atoms with Crippen molar-refractivity contribution in [2.75, 3.05) is 19.6 Å². The highest BCUT2D eigenvalue weighted by atomic mass is 35.5. The van der Waals surface area contributed by atoms with Gasteiger partial charge in [-0.3, -0.25) is 4.90 Å². The molecule has 0 amide bonds. The van der Waals surface area contributed by atoms with Crippen LogP contribution in [0.5, 0.6) is 0 Å². The zero-order chi connectivity index (χ0) is 15.5. The molecule has 2 atom stereocenters. The zero-order valence-electron chi connectivity index (χ0n) is 13.3. The van der Waals surface area contributed by atoms with E-state index in [1.54, 1.807) is 0 Å². The fourth-order valence-corrected chi connectivity index (χ4v) is 3.52. The van der Waals surface area contributed by atoms with Crippen molar-refractivity contribution in [1.82, 2.24) is 10.2 Å². The van der Waals surface area contributed by atoms with Crippen molar-refractivity contribution in [1.29, 1.82) is 0 Å². The van der Waals surface area contributed by atoms with Gasteiger partial charge in [-0.05, 0) is 43.9 Å². The lowest BCUT2D eigenvalue weighted by atomic mass is 9.92. The summed E-state index contributed by atoms with van der Waals surface area (Å²) >= 11 is 12.2. The summed E-state index contributed by atoms with van der Waals surface area (Å²) in [4.78, 5) is 2.62. The van der Waals surface area contributed by atoms with E-state index in [1.807, 2.05) is 18.2 Å². The van der Waals surface area contributed by atoms with Crippen LogP contribution in [0.2, 0.25) is 10.0 Å². The number of hydrogen-bond donors (Lipinski definition) is 1. The fraction of sp³-hybridized carbons (Fsp3) is 0.647. The molecule has 0 bridgehead atoms. The number of hydrogen-bond acceptors (Lipinski definition) is 2. The molecule has 1 heterocycles. The van der Waals surface area contributed by atoms with E-state index in [9.17, 15) is 0 Å². The average molecular weight is 329 g/mol. The molecule has 1 aliphatic heterocycles. The molecule has 0 spiro atoms. The summed E-state index contributed by atoms with van der Waals surface area (Å²) in [6.07, 6.45) is 3.31. The van der Waals surface area contributed by atoms with E-state index in [-0.39, 0.29) is 5.54 Å². The van der Waals surface area contributed by atoms with E-state index in [4.69, 9.17) is 23.2 Å². The Morgan fingerprint density at radius 3 is 2.71 bits per heavy atom. The van der Waals surface area contributed by atoms with Crippen LogP contribution >= 0.6 is 23.2 Å². The second-order valence-electron chi connectivity index (χ2n) is 6.31. The van der Waals surface area contributed by atoms with Crippen LogP contribution in [0.3, 0.4) is 0 Å². The number of nitrogens with one attached hydrogen (secondary N) is 1. The Bertz CT molecular complexity index is 478. The monoisotopic (exact) mass is 328 g/mol. The molecular formula is C17H26Cl2N2. The Labute approximate surface area is 138 Å². The van der Waals surface area contributed by atoms with Gasteiger partial charge in [-0.1, -0.05) is 43.1 Å². The molecule has 0 aromatic heterocycles. The molecule has 1 aliphatic rings. The maximum Gasteiger partial charge on any atom is 0.0453 e. The van der Waals surface area contributed by atoms with E-state index >= 15 is 0 Å². The summed E-state index contributed by atoms with van der Waals surface area (Å²) < 4.78 is 0. The van der Waals surface area contributed by atoms with Gasteiger partial charge in [-0.25, -0.2) is 0 Å². The van der Waals surface area contributed by atoms with Crippen LogP contribution in [0, 0.1) is 0 Å². The van der Waals surface area contributed by atoms with Gasteiger partial charge in [0.1, 0.15) is 0 Å². The van der Waals surface area contributed by atoms with Gasteiger partial charge in [-0.15, -0.1) is 0 Å². The Balaban J connectivity index is 2.01. The minimum Gasteiger partial charge on any atom is -0.309 e. The van der Waals surface area contributed by atoms with Gasteiger partial charge in [0.15, 0.2) is 0 Å². The first-order valence-corrected chi connectivity index (χ1v) is 8.66. The summed E-state index contributed by atoms with van der Waals surface area (Å²) in [5, 5.41) is 5.19. The lowest BCUT2D eigenvalue weighted by Crippen LogP contribution is -2.62. The molecule has 2 unspecified atom stereocenters. The first kappa shape index (κ1) is 17.1. The number of piperazine rings is 1. The van der Waals surface area contributed by atoms with Gasteiger partial charge in [0.25, 0.3) is 0 Å². The van der Waals surface area contributed by atoms with E-state index < -0.39 is 0 Å². The van der Waals surface area contributed by atoms with Crippen molar-refractivity contribution in [3.63, 3.8) is 0 Å². The molecule has 1 saturated heterocycles. The SMILES string of the molecule is CCC1CNC(C)(CC)CN1CCc1ccc(Cl)cc1Cl. The largest absolute Gasteiger partial charge is 0.309 e. The molecule has 1 aromatic carbocycles. The lowest BCUT2D eigenvalue weighted by Gasteiger charge is -2.46. The highest BCUT2D eigenvalue weighted by Crippen LogP contribution is 2.24. The predicted octanol–water partition coefficient (Wildman–Crippen LogP) is 4.39. The van der Waals surface area contributed by atoms with Crippen LogP contribution in [0.4, 0.5) is 0 Å². The first-order chi connectivity index (χ1) is 9.97. The maximum absolute atomic E-state index is 6.29. The molecule has 1 aromatic rings. The normalized spacial score (nSPS) is 27.0. The average Bonchev–Trinajstić information content (AvgIpc) is 2.46. The fourth-order valence-electron chi connectivity index (χ4n) is 3.02. The lowest BCUT2D eigenvalue weighted by molar-refractivity contribution is 0.0832. The predicted molar refractivity (Wildman–Crippen MR) is 92.5 cm³/mol. The molecule has 1 N–H and O–H groups in total. The van der Waals surface area contributed by atoms with Crippen molar-refractivity contribution in [3.05, 3.63) is 33.8 Å². The van der Waals surface area contributed by atoms with Crippen molar-refractivity contribution >= 4 is 23.2 Å². The van der Waals surface area contributed by atoms with Crippen LogP contribution in [0.25, 0.3) is 0 Å². The van der Waals surface area contributed by atoms with Gasteiger partial charge in [0, 0.05) is 41.3 Å². The van der Waals surface area contributed by atoms with Crippen LogP contribution < -0.4 is 5.32 Å². The smallest absolute Gasteiger partial charge is 0.0453 e. The number of benzene rings is 1. The Morgan fingerprint density at radius 2 is 2.10 bits per heavy atom. The third-order valence-corrected chi connectivity index (χ3v) is 5.35. The van der Waals surface area contributed by atoms with Gasteiger partial charge < -0.3 is 5.32 Å². The molecule has 21 heavy (non-hydrogen) atoms. The molecule has 2 rings (SSSR count). The maximum atomic E-state index is 6.29. The van der Waals surface area contributed by atoms with Crippen LogP contribution in [0.1, 0.15) is 39.2 Å². The van der Waals surface area contributed by atoms with E-state index in [0.29, 0.717) is 11.1 Å². The minimum atomic E-state index is 0.232. The number of nitrogens with zero attached hydrogens (tertiary/aromatic N) is 1. The van der Waals surface area contributed by atoms with E-state index in [0.717, 1.165) is 37.5 Å². The Morgan fingerprint density at radius 1 is 1.33 bits per heavy atom. The van der Waals surface area contributed by atoms with Crippen molar-refractivity contribution < 1.29 is 0 Å². The second kappa shape index (κ2) is 7.32. The summed E-state index contributed by atoms with van der Waals surface area (Å²) in [6.45, 7) is 10.1. The van der Waals surface area contributed by atoms with Gasteiger partial charge >= 0.3 is 0 Å². The molecular weight excluding hydrogens is 303 g/mol. The van der Waals surface area contributed by atoms with Crippen molar-refractivity contribution in [2.45, 2.75) is 51.6 Å². The number of halogens is 2. The highest BCUT2D eigenvalue weighted by Gasteiger charge is 2.33. The summed E-state index contributed by atoms with van der Waals surface area (Å²) in [5.41, 5.74) is 1.42. The Hall–Kier alpha value is -0.280. The quantitative estimate of drug-likeness (QED) is 0.862. The first-order valence-electron chi connectivity index (χ1n) is 7.90. The van der Waals surface area contributed by atoms with E-state index in [1.165, 1.54) is 12.0 Å². The van der Waals surface area contributed by atoms with Gasteiger partial charge in [-0.2, -0.15) is 0 Å². The molecule has 0 saturated carbocycles. The summed E-state index contributed by atoms with van der Waals surface area (Å²) in [6, 6.07) is 6.43. The van der Waals surface area contributed by atoms with Crippen LogP contribution in [-0.4, -0.2) is 36.1 Å². The molecule has 0 radical (unpaired) electrons. The van der Waals surface area contributed by atoms with Gasteiger partial charge in [0.2, 0.25) is 0 Å². The van der Waals surface area contributed by atoms with Gasteiger partial charge in [0.05, 0.1) is 0 Å². The molecule has 4 heteroatoms. The molecule has 0 aliphatic carbocycles. The molecule has 2 nitrogen and oxygen atoms in total. The Kier molecular flexibility index (Phi) is 5.96. The third kappa shape index (κ3) is 4.35. The topological polar surface area (TPSA) is 15.3 Å². The molecule has 118 valence electrons. The summed E-state index contributed by atoms with van der Waals surface area (Å²) in [5.74, 6) is 0. The second-order valence-corrected chi connectivity index (χ2v) is 7.16. The third-order valence-electron chi connectivity index (χ3n) is 4.77. The van der Waals surface area contributed by atoms with Crippen LogP contribution in [0.15, 0.2) is 18.2 Å². The standard InChI is InChI=1S/C17H26Cl2N2/c1-4-15-11-20-17(3,5-2)12-21(15)9-8-13-6-7-14(18)10-16(13)19/h6-7,10,15,20H,4-5,8-9,11-12H2,1-3H3. The van der Waals surface area contributed by atoms with Crippen molar-refractivity contribution in [2.24, 2.45) is 0 Å². The van der Waals surface area contributed by atoms with E-state index in [2.05, 4.69) is 31.0 Å². The minimum absolute atomic E-state index is 0.232. The van der Waals surface area contributed by atoms with Crippen molar-refractivity contribution in [3.8, 4) is 0 Å². The number of rotatable bonds is 5. The zero-order valence-corrected chi connectivity index (χ0v) is 14.8. The molecule has 1 fully saturated rings. The summed E-state index contributed by atoms with van der Waals surface area (Å²) in [7, 11) is 0.